The van der Waals surface area contributed by atoms with Crippen LogP contribution in [0.3, 0.4) is 0 Å². The molecule has 0 aliphatic carbocycles. The number of aldehydes is 1. The number of aryl methyl sites for hydroxylation is 1. The summed E-state index contributed by atoms with van der Waals surface area (Å²) in [5.74, 6) is 0.493. The Balaban J connectivity index is 1.57. The van der Waals surface area contributed by atoms with Crippen LogP contribution >= 0.6 is 11.6 Å². The molecule has 1 N–H and O–H groups in total. The van der Waals surface area contributed by atoms with E-state index in [-0.39, 0.29) is 17.4 Å². The molecule has 6 heteroatoms. The van der Waals surface area contributed by atoms with Crippen molar-refractivity contribution in [1.82, 2.24) is 9.88 Å². The molecule has 0 aliphatic rings. The van der Waals surface area contributed by atoms with Gasteiger partial charge in [-0.3, -0.25) is 9.59 Å². The first kappa shape index (κ1) is 28.4. The summed E-state index contributed by atoms with van der Waals surface area (Å²) < 4.78 is 7.86. The van der Waals surface area contributed by atoms with Crippen molar-refractivity contribution in [3.8, 4) is 5.75 Å². The number of halogens is 1. The lowest BCUT2D eigenvalue weighted by Crippen LogP contribution is -2.26. The highest BCUT2D eigenvalue weighted by Gasteiger charge is 2.18. The van der Waals surface area contributed by atoms with Gasteiger partial charge in [0.1, 0.15) is 5.75 Å². The Morgan fingerprint density at radius 1 is 1.03 bits per heavy atom. The Labute approximate surface area is 236 Å². The van der Waals surface area contributed by atoms with Gasteiger partial charge in [-0.1, -0.05) is 56.6 Å². The molecule has 39 heavy (non-hydrogen) atoms. The van der Waals surface area contributed by atoms with Crippen LogP contribution in [0.4, 0.5) is 0 Å². The number of fused-ring (bicyclic) bond motifs is 1. The first-order valence-corrected chi connectivity index (χ1v) is 13.7. The summed E-state index contributed by atoms with van der Waals surface area (Å²) in [6.07, 6.45) is 0.226. The molecule has 5 nitrogen and oxygen atoms in total. The van der Waals surface area contributed by atoms with Gasteiger partial charge in [-0.15, -0.1) is 0 Å². The summed E-state index contributed by atoms with van der Waals surface area (Å²) in [6.45, 7) is 15.0. The molecule has 0 fully saturated rings. The van der Waals surface area contributed by atoms with Crippen LogP contribution in [0, 0.1) is 13.8 Å². The van der Waals surface area contributed by atoms with E-state index in [0.29, 0.717) is 22.9 Å². The molecule has 3 aromatic carbocycles. The van der Waals surface area contributed by atoms with E-state index in [0.717, 1.165) is 39.6 Å². The van der Waals surface area contributed by atoms with Crippen LogP contribution in [0.25, 0.3) is 10.9 Å². The summed E-state index contributed by atoms with van der Waals surface area (Å²) in [6, 6.07) is 19.6. The molecule has 0 saturated heterocycles. The van der Waals surface area contributed by atoms with E-state index in [1.54, 1.807) is 19.1 Å². The van der Waals surface area contributed by atoms with E-state index in [1.165, 1.54) is 5.56 Å². The third-order valence-corrected chi connectivity index (χ3v) is 7.75. The predicted molar refractivity (Wildman–Crippen MR) is 159 cm³/mol. The van der Waals surface area contributed by atoms with Crippen LogP contribution in [0.5, 0.6) is 5.75 Å². The molecular weight excluding hydrogens is 508 g/mol. The van der Waals surface area contributed by atoms with Crippen molar-refractivity contribution in [1.29, 1.82) is 0 Å². The minimum Gasteiger partial charge on any atom is -0.483 e. The van der Waals surface area contributed by atoms with E-state index in [1.807, 2.05) is 31.2 Å². The number of aromatic nitrogens is 1. The minimum absolute atomic E-state index is 0.0870. The summed E-state index contributed by atoms with van der Waals surface area (Å²) in [5.41, 5.74) is 7.17. The minimum atomic E-state index is -0.537. The zero-order valence-corrected chi connectivity index (χ0v) is 24.5. The number of rotatable bonds is 8. The fourth-order valence-electron chi connectivity index (χ4n) is 4.79. The van der Waals surface area contributed by atoms with E-state index < -0.39 is 6.10 Å². The monoisotopic (exact) mass is 544 g/mol. The lowest BCUT2D eigenvalue weighted by molar-refractivity contribution is -0.113. The van der Waals surface area contributed by atoms with Crippen molar-refractivity contribution in [2.45, 2.75) is 72.6 Å². The summed E-state index contributed by atoms with van der Waals surface area (Å²) in [7, 11) is 0. The van der Waals surface area contributed by atoms with Crippen LogP contribution in [-0.2, 0) is 16.8 Å². The quantitative estimate of drug-likeness (QED) is 0.231. The third kappa shape index (κ3) is 6.20. The highest BCUT2D eigenvalue weighted by atomic mass is 35.5. The molecule has 0 unspecified atom stereocenters. The molecular formula is C33H37ClN2O3. The average molecular weight is 545 g/mol. The molecule has 0 bridgehead atoms. The van der Waals surface area contributed by atoms with Crippen LogP contribution in [0.15, 0.2) is 60.7 Å². The van der Waals surface area contributed by atoms with E-state index in [4.69, 9.17) is 16.3 Å². The Hall–Kier alpha value is -3.57. The SMILES string of the molecule is Cc1c(C)n(Cc2cc(O[C@@H](C)C=O)ccc2Cl)c2ccc(C(=O)N[C@@H](C)c3ccc(C(C)(C)C)cc3)cc12. The van der Waals surface area contributed by atoms with Gasteiger partial charge >= 0.3 is 0 Å². The molecule has 4 aromatic rings. The van der Waals surface area contributed by atoms with Gasteiger partial charge in [0, 0.05) is 33.7 Å². The number of amides is 1. The number of ether oxygens (including phenoxy) is 1. The van der Waals surface area contributed by atoms with E-state index >= 15 is 0 Å². The van der Waals surface area contributed by atoms with Gasteiger partial charge in [0.2, 0.25) is 0 Å². The standard InChI is InChI=1S/C33H37ClN2O3/c1-20(19-37)39-28-13-14-30(34)26(16-28)18-36-23(4)21(2)29-17-25(10-15-31(29)36)32(38)35-22(3)24-8-11-27(12-9-24)33(5,6)7/h8-17,19-20,22H,18H2,1-7H3,(H,35,38)/t20-,22-/m0/s1. The number of hydrogen-bond acceptors (Lipinski definition) is 3. The zero-order chi connectivity index (χ0) is 28.5. The highest BCUT2D eigenvalue weighted by molar-refractivity contribution is 6.31. The lowest BCUT2D eigenvalue weighted by atomic mass is 9.86. The van der Waals surface area contributed by atoms with Gasteiger partial charge in [-0.25, -0.2) is 0 Å². The fourth-order valence-corrected chi connectivity index (χ4v) is 4.97. The summed E-state index contributed by atoms with van der Waals surface area (Å²) in [4.78, 5) is 24.2. The van der Waals surface area contributed by atoms with Gasteiger partial charge in [-0.2, -0.15) is 0 Å². The molecule has 1 heterocycles. The maximum absolute atomic E-state index is 13.2. The van der Waals surface area contributed by atoms with Crippen molar-refractivity contribution < 1.29 is 14.3 Å². The molecule has 2 atom stereocenters. The number of benzene rings is 3. The van der Waals surface area contributed by atoms with Crippen LogP contribution < -0.4 is 10.1 Å². The highest BCUT2D eigenvalue weighted by Crippen LogP contribution is 2.30. The van der Waals surface area contributed by atoms with Crippen molar-refractivity contribution in [2.24, 2.45) is 0 Å². The normalized spacial score (nSPS) is 13.2. The van der Waals surface area contributed by atoms with E-state index in [9.17, 15) is 9.59 Å². The second-order valence-corrected chi connectivity index (χ2v) is 11.7. The molecule has 0 aliphatic heterocycles. The number of hydrogen-bond donors (Lipinski definition) is 1. The molecule has 0 radical (unpaired) electrons. The molecule has 4 rings (SSSR count). The van der Waals surface area contributed by atoms with E-state index in [2.05, 4.69) is 68.8 Å². The zero-order valence-electron chi connectivity index (χ0n) is 23.8. The fraction of sp³-hybridized carbons (Fsp3) is 0.333. The van der Waals surface area contributed by atoms with Crippen molar-refractivity contribution in [3.05, 3.63) is 99.2 Å². The lowest BCUT2D eigenvalue weighted by Gasteiger charge is -2.21. The summed E-state index contributed by atoms with van der Waals surface area (Å²) >= 11 is 6.53. The van der Waals surface area contributed by atoms with Gasteiger partial charge in [0.05, 0.1) is 6.04 Å². The molecule has 1 aromatic heterocycles. The molecule has 1 amide bonds. The van der Waals surface area contributed by atoms with Crippen LogP contribution in [0.2, 0.25) is 5.02 Å². The molecule has 0 spiro atoms. The first-order chi connectivity index (χ1) is 18.4. The van der Waals surface area contributed by atoms with Crippen LogP contribution in [-0.4, -0.2) is 22.9 Å². The van der Waals surface area contributed by atoms with Crippen molar-refractivity contribution in [3.63, 3.8) is 0 Å². The second kappa shape index (κ2) is 11.3. The number of nitrogens with one attached hydrogen (secondary N) is 1. The Morgan fingerprint density at radius 3 is 2.36 bits per heavy atom. The van der Waals surface area contributed by atoms with Crippen molar-refractivity contribution in [2.75, 3.05) is 0 Å². The number of nitrogens with zero attached hydrogens (tertiary/aromatic N) is 1. The van der Waals surface area contributed by atoms with Gasteiger partial charge in [0.25, 0.3) is 5.91 Å². The predicted octanol–water partition coefficient (Wildman–Crippen LogP) is 7.71. The van der Waals surface area contributed by atoms with Crippen LogP contribution in [0.1, 0.15) is 79.0 Å². The van der Waals surface area contributed by atoms with Gasteiger partial charge in [0.15, 0.2) is 12.4 Å². The van der Waals surface area contributed by atoms with Gasteiger partial charge in [-0.05, 0) is 91.8 Å². The Bertz CT molecular complexity index is 1510. The maximum atomic E-state index is 13.2. The van der Waals surface area contributed by atoms with Gasteiger partial charge < -0.3 is 14.6 Å². The Kier molecular flexibility index (Phi) is 8.22. The number of carbonyl (C=O) groups is 2. The van der Waals surface area contributed by atoms with Crippen molar-refractivity contribution >= 4 is 34.7 Å². The number of carbonyl (C=O) groups excluding carboxylic acids is 2. The summed E-state index contributed by atoms with van der Waals surface area (Å²) in [5, 5.41) is 4.80. The third-order valence-electron chi connectivity index (χ3n) is 7.38. The smallest absolute Gasteiger partial charge is 0.251 e. The average Bonchev–Trinajstić information content (AvgIpc) is 3.14. The Morgan fingerprint density at radius 2 is 1.72 bits per heavy atom. The maximum Gasteiger partial charge on any atom is 0.251 e. The molecule has 0 saturated carbocycles. The molecule has 204 valence electrons. The largest absolute Gasteiger partial charge is 0.483 e. The second-order valence-electron chi connectivity index (χ2n) is 11.3. The first-order valence-electron chi connectivity index (χ1n) is 13.3. The topological polar surface area (TPSA) is 60.3 Å².